The summed E-state index contributed by atoms with van der Waals surface area (Å²) >= 11 is 6.03. The third-order valence-corrected chi connectivity index (χ3v) is 4.33. The van der Waals surface area contributed by atoms with E-state index in [-0.39, 0.29) is 22.6 Å². The fourth-order valence-electron chi connectivity index (χ4n) is 2.62. The van der Waals surface area contributed by atoms with E-state index in [0.29, 0.717) is 5.02 Å². The van der Waals surface area contributed by atoms with Crippen molar-refractivity contribution < 1.29 is 23.8 Å². The van der Waals surface area contributed by atoms with E-state index in [9.17, 15) is 14.0 Å². The standard InChI is InChI=1S/C21H16ClFN2O4/c1-12(13-2-4-14(5-3-13)21(27)28)25-20(26)18-8-15(22)6-7-19(18)29-17-9-16(23)10-24-11-17/h2-12H,1H3,(H,25,26)(H,27,28)/t12-/m0/s1. The van der Waals surface area contributed by atoms with Gasteiger partial charge < -0.3 is 15.2 Å². The van der Waals surface area contributed by atoms with Crippen LogP contribution in [0.15, 0.2) is 60.9 Å². The van der Waals surface area contributed by atoms with Crippen molar-refractivity contribution >= 4 is 23.5 Å². The molecular formula is C21H16ClFN2O4. The highest BCUT2D eigenvalue weighted by Crippen LogP contribution is 2.28. The molecule has 0 saturated carbocycles. The van der Waals surface area contributed by atoms with Gasteiger partial charge in [-0.05, 0) is 42.8 Å². The molecule has 0 aliphatic heterocycles. The molecule has 3 aromatic rings. The van der Waals surface area contributed by atoms with Crippen LogP contribution in [0.1, 0.15) is 39.2 Å². The van der Waals surface area contributed by atoms with Crippen molar-refractivity contribution in [1.82, 2.24) is 10.3 Å². The number of amides is 1. The van der Waals surface area contributed by atoms with Gasteiger partial charge in [0, 0.05) is 11.1 Å². The fraction of sp³-hybridized carbons (Fsp3) is 0.0952. The molecule has 8 heteroatoms. The van der Waals surface area contributed by atoms with E-state index in [4.69, 9.17) is 21.4 Å². The summed E-state index contributed by atoms with van der Waals surface area (Å²) in [6.45, 7) is 1.76. The number of nitrogens with one attached hydrogen (secondary N) is 1. The number of pyridine rings is 1. The molecule has 0 aliphatic carbocycles. The topological polar surface area (TPSA) is 88.5 Å². The Morgan fingerprint density at radius 3 is 2.52 bits per heavy atom. The van der Waals surface area contributed by atoms with E-state index in [0.717, 1.165) is 17.8 Å². The van der Waals surface area contributed by atoms with E-state index in [1.165, 1.54) is 30.5 Å². The van der Waals surface area contributed by atoms with Crippen LogP contribution in [0.3, 0.4) is 0 Å². The minimum Gasteiger partial charge on any atom is -0.478 e. The molecule has 2 N–H and O–H groups in total. The molecule has 0 spiro atoms. The van der Waals surface area contributed by atoms with Crippen molar-refractivity contribution in [2.75, 3.05) is 0 Å². The Morgan fingerprint density at radius 2 is 1.86 bits per heavy atom. The van der Waals surface area contributed by atoms with Crippen LogP contribution in [0.5, 0.6) is 11.5 Å². The Morgan fingerprint density at radius 1 is 1.14 bits per heavy atom. The maximum Gasteiger partial charge on any atom is 0.335 e. The summed E-state index contributed by atoms with van der Waals surface area (Å²) < 4.78 is 19.0. The SMILES string of the molecule is C[C@H](NC(=O)c1cc(Cl)ccc1Oc1cncc(F)c1)c1ccc(C(=O)O)cc1. The predicted octanol–water partition coefficient (Wildman–Crippen LogP) is 4.86. The third kappa shape index (κ3) is 5.08. The largest absolute Gasteiger partial charge is 0.478 e. The van der Waals surface area contributed by atoms with Crippen LogP contribution >= 0.6 is 11.6 Å². The lowest BCUT2D eigenvalue weighted by Gasteiger charge is -2.17. The summed E-state index contributed by atoms with van der Waals surface area (Å²) in [5.41, 5.74) is 1.04. The molecule has 0 radical (unpaired) electrons. The third-order valence-electron chi connectivity index (χ3n) is 4.10. The maximum atomic E-state index is 13.4. The second-order valence-electron chi connectivity index (χ2n) is 6.20. The highest BCUT2D eigenvalue weighted by Gasteiger charge is 2.18. The van der Waals surface area contributed by atoms with E-state index in [2.05, 4.69) is 10.3 Å². The number of aromatic carboxylic acids is 1. The van der Waals surface area contributed by atoms with Gasteiger partial charge in [-0.3, -0.25) is 9.78 Å². The summed E-state index contributed by atoms with van der Waals surface area (Å²) in [6, 6.07) is 11.4. The predicted molar refractivity (Wildman–Crippen MR) is 105 cm³/mol. The van der Waals surface area contributed by atoms with E-state index >= 15 is 0 Å². The molecular weight excluding hydrogens is 399 g/mol. The first-order chi connectivity index (χ1) is 13.8. The van der Waals surface area contributed by atoms with Crippen molar-refractivity contribution in [3.63, 3.8) is 0 Å². The average Bonchev–Trinajstić information content (AvgIpc) is 2.69. The number of carbonyl (C=O) groups is 2. The minimum absolute atomic E-state index is 0.138. The van der Waals surface area contributed by atoms with Gasteiger partial charge in [0.25, 0.3) is 5.91 Å². The van der Waals surface area contributed by atoms with Gasteiger partial charge in [-0.1, -0.05) is 23.7 Å². The Bertz CT molecular complexity index is 1060. The summed E-state index contributed by atoms with van der Waals surface area (Å²) in [5.74, 6) is -1.73. The molecule has 1 atom stereocenters. The minimum atomic E-state index is -1.03. The summed E-state index contributed by atoms with van der Waals surface area (Å²) in [6.07, 6.45) is 2.37. The van der Waals surface area contributed by atoms with Crippen molar-refractivity contribution in [1.29, 1.82) is 0 Å². The van der Waals surface area contributed by atoms with Crippen LogP contribution in [0.2, 0.25) is 5.02 Å². The van der Waals surface area contributed by atoms with Crippen LogP contribution in [0.25, 0.3) is 0 Å². The molecule has 0 aliphatic rings. The van der Waals surface area contributed by atoms with Crippen molar-refractivity contribution in [3.8, 4) is 11.5 Å². The maximum absolute atomic E-state index is 13.4. The van der Waals surface area contributed by atoms with Gasteiger partial charge in [0.1, 0.15) is 17.3 Å². The molecule has 0 unspecified atom stereocenters. The molecule has 2 aromatic carbocycles. The van der Waals surface area contributed by atoms with E-state index < -0.39 is 23.7 Å². The number of hydrogen-bond donors (Lipinski definition) is 2. The first-order valence-electron chi connectivity index (χ1n) is 8.55. The second kappa shape index (κ2) is 8.70. The molecule has 29 heavy (non-hydrogen) atoms. The number of nitrogens with zero attached hydrogens (tertiary/aromatic N) is 1. The van der Waals surface area contributed by atoms with Gasteiger partial charge in [0.2, 0.25) is 0 Å². The summed E-state index contributed by atoms with van der Waals surface area (Å²) in [4.78, 5) is 27.5. The number of carbonyl (C=O) groups excluding carboxylic acids is 1. The molecule has 1 amide bonds. The fourth-order valence-corrected chi connectivity index (χ4v) is 2.79. The zero-order valence-electron chi connectivity index (χ0n) is 15.2. The summed E-state index contributed by atoms with van der Waals surface area (Å²) in [7, 11) is 0. The molecule has 0 bridgehead atoms. The lowest BCUT2D eigenvalue weighted by Crippen LogP contribution is -2.27. The van der Waals surface area contributed by atoms with Crippen molar-refractivity contribution in [2.24, 2.45) is 0 Å². The first kappa shape index (κ1) is 20.3. The van der Waals surface area contributed by atoms with Gasteiger partial charge in [-0.15, -0.1) is 0 Å². The number of carboxylic acids is 1. The quantitative estimate of drug-likeness (QED) is 0.601. The number of aromatic nitrogens is 1. The highest BCUT2D eigenvalue weighted by atomic mass is 35.5. The van der Waals surface area contributed by atoms with Gasteiger partial charge in [-0.2, -0.15) is 0 Å². The van der Waals surface area contributed by atoms with Crippen molar-refractivity contribution in [3.05, 3.63) is 88.5 Å². The van der Waals surface area contributed by atoms with Crippen LogP contribution in [-0.2, 0) is 0 Å². The molecule has 6 nitrogen and oxygen atoms in total. The molecule has 0 fully saturated rings. The Balaban J connectivity index is 1.80. The van der Waals surface area contributed by atoms with E-state index in [1.807, 2.05) is 0 Å². The van der Waals surface area contributed by atoms with Gasteiger partial charge in [0.05, 0.1) is 29.6 Å². The number of rotatable bonds is 6. The lowest BCUT2D eigenvalue weighted by atomic mass is 10.1. The van der Waals surface area contributed by atoms with Gasteiger partial charge in [0.15, 0.2) is 0 Å². The second-order valence-corrected chi connectivity index (χ2v) is 6.64. The van der Waals surface area contributed by atoms with Crippen LogP contribution in [0.4, 0.5) is 4.39 Å². The first-order valence-corrected chi connectivity index (χ1v) is 8.93. The Kier molecular flexibility index (Phi) is 6.09. The zero-order valence-corrected chi connectivity index (χ0v) is 16.0. The zero-order chi connectivity index (χ0) is 21.0. The molecule has 0 saturated heterocycles. The van der Waals surface area contributed by atoms with Gasteiger partial charge in [-0.25, -0.2) is 9.18 Å². The van der Waals surface area contributed by atoms with Crippen LogP contribution in [-0.4, -0.2) is 22.0 Å². The smallest absolute Gasteiger partial charge is 0.335 e. The highest BCUT2D eigenvalue weighted by molar-refractivity contribution is 6.31. The number of hydrogen-bond acceptors (Lipinski definition) is 4. The number of halogens is 2. The van der Waals surface area contributed by atoms with Gasteiger partial charge >= 0.3 is 5.97 Å². The average molecular weight is 415 g/mol. The molecule has 1 heterocycles. The summed E-state index contributed by atoms with van der Waals surface area (Å²) in [5, 5.41) is 12.1. The Labute approximate surface area is 170 Å². The molecule has 1 aromatic heterocycles. The van der Waals surface area contributed by atoms with Crippen LogP contribution in [0, 0.1) is 5.82 Å². The van der Waals surface area contributed by atoms with E-state index in [1.54, 1.807) is 25.1 Å². The monoisotopic (exact) mass is 414 g/mol. The number of benzene rings is 2. The molecule has 148 valence electrons. The van der Waals surface area contributed by atoms with Crippen molar-refractivity contribution in [2.45, 2.75) is 13.0 Å². The lowest BCUT2D eigenvalue weighted by molar-refractivity contribution is 0.0696. The van der Waals surface area contributed by atoms with Crippen LogP contribution < -0.4 is 10.1 Å². The Hall–Kier alpha value is -3.45. The number of ether oxygens (including phenoxy) is 1. The normalized spacial score (nSPS) is 11.6. The number of carboxylic acid groups (broad SMARTS) is 1. The molecule has 3 rings (SSSR count).